The van der Waals surface area contributed by atoms with Crippen LogP contribution < -0.4 is 5.32 Å². The van der Waals surface area contributed by atoms with Crippen molar-refractivity contribution in [1.29, 1.82) is 0 Å². The van der Waals surface area contributed by atoms with Crippen LogP contribution in [0.15, 0.2) is 115 Å². The highest BCUT2D eigenvalue weighted by molar-refractivity contribution is 5.84. The van der Waals surface area contributed by atoms with Gasteiger partial charge in [-0.2, -0.15) is 0 Å². The van der Waals surface area contributed by atoms with Gasteiger partial charge in [-0.25, -0.2) is 0 Å². The Hall–Kier alpha value is -3.65. The SMILES string of the molecule is CC(C)[C@H](C(=O)N[C@H](Cc1ccccc1)c1ccc(-c2ccccc2)cc1)c1ccccc1. The van der Waals surface area contributed by atoms with Gasteiger partial charge in [0, 0.05) is 0 Å². The molecule has 0 fully saturated rings. The molecule has 0 aliphatic rings. The molecule has 1 N–H and O–H groups in total. The molecule has 0 aliphatic carbocycles. The molecule has 0 radical (unpaired) electrons. The van der Waals surface area contributed by atoms with Gasteiger partial charge in [-0.3, -0.25) is 4.79 Å². The van der Waals surface area contributed by atoms with Crippen molar-refractivity contribution in [3.63, 3.8) is 0 Å². The van der Waals surface area contributed by atoms with Gasteiger partial charge >= 0.3 is 0 Å². The van der Waals surface area contributed by atoms with Crippen molar-refractivity contribution in [2.75, 3.05) is 0 Å². The molecule has 1 amide bonds. The number of benzene rings is 4. The predicted octanol–water partition coefficient (Wildman–Crippen LogP) is 7.19. The Morgan fingerprint density at radius 1 is 0.636 bits per heavy atom. The summed E-state index contributed by atoms with van der Waals surface area (Å²) in [6.07, 6.45) is 0.747. The van der Waals surface area contributed by atoms with Crippen LogP contribution in [0, 0.1) is 5.92 Å². The average Bonchev–Trinajstić information content (AvgIpc) is 2.85. The third-order valence-electron chi connectivity index (χ3n) is 6.13. The third kappa shape index (κ3) is 5.78. The van der Waals surface area contributed by atoms with Gasteiger partial charge in [0.05, 0.1) is 12.0 Å². The van der Waals surface area contributed by atoms with Crippen molar-refractivity contribution in [3.05, 3.63) is 132 Å². The largest absolute Gasteiger partial charge is 0.348 e. The zero-order chi connectivity index (χ0) is 23.0. The summed E-state index contributed by atoms with van der Waals surface area (Å²) >= 11 is 0. The van der Waals surface area contributed by atoms with Crippen LogP contribution in [-0.2, 0) is 11.2 Å². The summed E-state index contributed by atoms with van der Waals surface area (Å²) in [6, 6.07) is 39.3. The summed E-state index contributed by atoms with van der Waals surface area (Å²) < 4.78 is 0. The monoisotopic (exact) mass is 433 g/mol. The molecule has 0 unspecified atom stereocenters. The van der Waals surface area contributed by atoms with E-state index in [4.69, 9.17) is 0 Å². The molecule has 2 heteroatoms. The van der Waals surface area contributed by atoms with Gasteiger partial charge in [0.25, 0.3) is 0 Å². The Labute approximate surface area is 197 Å². The standard InChI is InChI=1S/C31H31NO/c1-23(2)30(28-16-10-5-11-17-28)31(33)32-29(22-24-12-6-3-7-13-24)27-20-18-26(19-21-27)25-14-8-4-9-15-25/h3-21,23,29-30H,22H2,1-2H3,(H,32,33)/t29-,30+/m1/s1. The summed E-state index contributed by atoms with van der Waals surface area (Å²) in [5.74, 6) is 0.0857. The fourth-order valence-electron chi connectivity index (χ4n) is 4.40. The smallest absolute Gasteiger partial charge is 0.228 e. The summed E-state index contributed by atoms with van der Waals surface area (Å²) in [7, 11) is 0. The van der Waals surface area contributed by atoms with Gasteiger partial charge in [-0.1, -0.05) is 129 Å². The highest BCUT2D eigenvalue weighted by Gasteiger charge is 2.26. The molecule has 4 aromatic carbocycles. The Morgan fingerprint density at radius 2 is 1.15 bits per heavy atom. The second kappa shape index (κ2) is 10.8. The van der Waals surface area contributed by atoms with E-state index in [0.717, 1.165) is 17.5 Å². The van der Waals surface area contributed by atoms with E-state index < -0.39 is 0 Å². The van der Waals surface area contributed by atoms with Crippen molar-refractivity contribution in [2.45, 2.75) is 32.2 Å². The first-order valence-electron chi connectivity index (χ1n) is 11.7. The maximum absolute atomic E-state index is 13.5. The number of hydrogen-bond donors (Lipinski definition) is 1. The van der Waals surface area contributed by atoms with Gasteiger partial charge < -0.3 is 5.32 Å². The first-order chi connectivity index (χ1) is 16.1. The molecule has 0 bridgehead atoms. The molecule has 0 aromatic heterocycles. The molecule has 0 saturated heterocycles. The van der Waals surface area contributed by atoms with Crippen LogP contribution in [0.25, 0.3) is 11.1 Å². The van der Waals surface area contributed by atoms with E-state index in [9.17, 15) is 4.79 Å². The quantitative estimate of drug-likeness (QED) is 0.313. The van der Waals surface area contributed by atoms with Gasteiger partial charge in [-0.05, 0) is 40.2 Å². The molecular formula is C31H31NO. The molecule has 4 aromatic rings. The summed E-state index contributed by atoms with van der Waals surface area (Å²) in [4.78, 5) is 13.5. The number of carbonyl (C=O) groups excluding carboxylic acids is 1. The Morgan fingerprint density at radius 3 is 1.73 bits per heavy atom. The zero-order valence-corrected chi connectivity index (χ0v) is 19.3. The topological polar surface area (TPSA) is 29.1 Å². The van der Waals surface area contributed by atoms with E-state index in [2.05, 4.69) is 79.8 Å². The molecule has 166 valence electrons. The Balaban J connectivity index is 1.61. The lowest BCUT2D eigenvalue weighted by Crippen LogP contribution is -2.36. The van der Waals surface area contributed by atoms with Crippen LogP contribution in [-0.4, -0.2) is 5.91 Å². The molecule has 0 saturated carbocycles. The lowest BCUT2D eigenvalue weighted by Gasteiger charge is -2.26. The second-order valence-electron chi connectivity index (χ2n) is 8.87. The minimum absolute atomic E-state index is 0.0734. The maximum Gasteiger partial charge on any atom is 0.228 e. The first-order valence-corrected chi connectivity index (χ1v) is 11.7. The van der Waals surface area contributed by atoms with Crippen LogP contribution in [0.2, 0.25) is 0 Å². The van der Waals surface area contributed by atoms with Crippen molar-refractivity contribution in [2.24, 2.45) is 5.92 Å². The Bertz CT molecular complexity index is 1140. The zero-order valence-electron chi connectivity index (χ0n) is 19.3. The number of rotatable bonds is 8. The molecule has 2 nitrogen and oxygen atoms in total. The van der Waals surface area contributed by atoms with Crippen molar-refractivity contribution < 1.29 is 4.79 Å². The molecule has 0 aliphatic heterocycles. The van der Waals surface area contributed by atoms with Gasteiger partial charge in [0.1, 0.15) is 0 Å². The van der Waals surface area contributed by atoms with Crippen LogP contribution in [0.3, 0.4) is 0 Å². The summed E-state index contributed by atoms with van der Waals surface area (Å²) in [5.41, 5.74) is 5.74. The third-order valence-corrected chi connectivity index (χ3v) is 6.13. The highest BCUT2D eigenvalue weighted by atomic mass is 16.2. The normalized spacial score (nSPS) is 12.8. The average molecular weight is 434 g/mol. The predicted molar refractivity (Wildman–Crippen MR) is 137 cm³/mol. The molecule has 0 spiro atoms. The molecule has 0 heterocycles. The molecule has 4 rings (SSSR count). The number of hydrogen-bond acceptors (Lipinski definition) is 1. The van der Waals surface area contributed by atoms with Crippen LogP contribution in [0.5, 0.6) is 0 Å². The lowest BCUT2D eigenvalue weighted by molar-refractivity contribution is -0.124. The van der Waals surface area contributed by atoms with E-state index in [1.807, 2.05) is 54.6 Å². The van der Waals surface area contributed by atoms with Crippen LogP contribution >= 0.6 is 0 Å². The lowest BCUT2D eigenvalue weighted by atomic mass is 9.87. The number of nitrogens with one attached hydrogen (secondary N) is 1. The fraction of sp³-hybridized carbons (Fsp3) is 0.194. The minimum atomic E-state index is -0.187. The van der Waals surface area contributed by atoms with E-state index in [0.29, 0.717) is 0 Å². The van der Waals surface area contributed by atoms with Crippen molar-refractivity contribution >= 4 is 5.91 Å². The van der Waals surface area contributed by atoms with E-state index in [1.165, 1.54) is 16.7 Å². The number of carbonyl (C=O) groups is 1. The maximum atomic E-state index is 13.5. The second-order valence-corrected chi connectivity index (χ2v) is 8.87. The van der Waals surface area contributed by atoms with Crippen molar-refractivity contribution in [1.82, 2.24) is 5.32 Å². The minimum Gasteiger partial charge on any atom is -0.348 e. The van der Waals surface area contributed by atoms with Crippen LogP contribution in [0.4, 0.5) is 0 Å². The van der Waals surface area contributed by atoms with Gasteiger partial charge in [0.2, 0.25) is 5.91 Å². The molecule has 2 atom stereocenters. The Kier molecular flexibility index (Phi) is 7.36. The summed E-state index contributed by atoms with van der Waals surface area (Å²) in [6.45, 7) is 4.22. The van der Waals surface area contributed by atoms with Gasteiger partial charge in [0.15, 0.2) is 0 Å². The first kappa shape index (κ1) is 22.5. The van der Waals surface area contributed by atoms with E-state index in [1.54, 1.807) is 0 Å². The van der Waals surface area contributed by atoms with Crippen LogP contribution in [0.1, 0.15) is 42.5 Å². The summed E-state index contributed by atoms with van der Waals surface area (Å²) in [5, 5.41) is 3.38. The highest BCUT2D eigenvalue weighted by Crippen LogP contribution is 2.28. The van der Waals surface area contributed by atoms with Gasteiger partial charge in [-0.15, -0.1) is 0 Å². The number of amides is 1. The molecular weight excluding hydrogens is 402 g/mol. The fourth-order valence-corrected chi connectivity index (χ4v) is 4.40. The van der Waals surface area contributed by atoms with Crippen molar-refractivity contribution in [3.8, 4) is 11.1 Å². The van der Waals surface area contributed by atoms with E-state index in [-0.39, 0.29) is 23.8 Å². The molecule has 33 heavy (non-hydrogen) atoms. The van der Waals surface area contributed by atoms with E-state index >= 15 is 0 Å².